The molecular weight excluding hydrogens is 314 g/mol. The highest BCUT2D eigenvalue weighted by atomic mass is 35.5. The first-order valence-corrected chi connectivity index (χ1v) is 7.97. The number of rotatable bonds is 3. The minimum absolute atomic E-state index is 0.114. The fraction of sp³-hybridized carbons (Fsp3) is 0.533. The van der Waals surface area contributed by atoms with Gasteiger partial charge in [0.15, 0.2) is 0 Å². The molecule has 2 aliphatic rings. The number of hydrogen-bond donors (Lipinski definition) is 2. The van der Waals surface area contributed by atoms with E-state index < -0.39 is 5.82 Å². The molecule has 2 heterocycles. The van der Waals surface area contributed by atoms with Gasteiger partial charge in [-0.05, 0) is 43.7 Å². The molecule has 1 aromatic carbocycles. The zero-order valence-electron chi connectivity index (χ0n) is 11.5. The van der Waals surface area contributed by atoms with Crippen LogP contribution in [0.25, 0.3) is 0 Å². The van der Waals surface area contributed by atoms with Crippen LogP contribution in [-0.2, 0) is 4.79 Å². The van der Waals surface area contributed by atoms with E-state index in [-0.39, 0.29) is 16.0 Å². The van der Waals surface area contributed by atoms with E-state index in [1.54, 1.807) is 0 Å². The smallest absolute Gasteiger partial charge is 0.224 e. The third-order valence-corrected chi connectivity index (χ3v) is 4.91. The molecule has 1 aromatic rings. The summed E-state index contributed by atoms with van der Waals surface area (Å²) in [5.41, 5.74) is 0.293. The Bertz CT molecular complexity index is 532. The van der Waals surface area contributed by atoms with E-state index in [0.717, 1.165) is 25.0 Å². The van der Waals surface area contributed by atoms with Crippen LogP contribution in [0.15, 0.2) is 12.1 Å². The predicted molar refractivity (Wildman–Crippen MR) is 82.3 cm³/mol. The number of benzene rings is 1. The molecule has 0 aromatic heterocycles. The maximum Gasteiger partial charge on any atom is 0.224 e. The van der Waals surface area contributed by atoms with E-state index in [9.17, 15) is 9.18 Å². The highest BCUT2D eigenvalue weighted by Gasteiger charge is 2.34. The van der Waals surface area contributed by atoms with Crippen molar-refractivity contribution in [2.45, 2.75) is 44.2 Å². The van der Waals surface area contributed by atoms with Gasteiger partial charge in [-0.2, -0.15) is 0 Å². The molecule has 2 atom stereocenters. The first kappa shape index (κ1) is 15.1. The molecule has 2 unspecified atom stereocenters. The van der Waals surface area contributed by atoms with Crippen LogP contribution in [0.2, 0.25) is 10.0 Å². The minimum atomic E-state index is -0.516. The summed E-state index contributed by atoms with van der Waals surface area (Å²) in [5.74, 6) is -0.239. The Hall–Kier alpha value is -0.840. The van der Waals surface area contributed by atoms with Gasteiger partial charge in [0, 0.05) is 18.5 Å². The fourth-order valence-electron chi connectivity index (χ4n) is 3.46. The van der Waals surface area contributed by atoms with Gasteiger partial charge in [0.25, 0.3) is 0 Å². The lowest BCUT2D eigenvalue weighted by molar-refractivity contribution is -0.117. The van der Waals surface area contributed by atoms with E-state index in [0.29, 0.717) is 30.1 Å². The summed E-state index contributed by atoms with van der Waals surface area (Å²) < 4.78 is 13.1. The van der Waals surface area contributed by atoms with Gasteiger partial charge in [-0.15, -0.1) is 0 Å². The van der Waals surface area contributed by atoms with Crippen molar-refractivity contribution in [2.75, 3.05) is 5.32 Å². The molecule has 0 spiro atoms. The second-order valence-corrected chi connectivity index (χ2v) is 6.79. The van der Waals surface area contributed by atoms with Crippen LogP contribution in [0.1, 0.15) is 32.1 Å². The largest absolute Gasteiger partial charge is 0.324 e. The number of halogens is 3. The van der Waals surface area contributed by atoms with Crippen molar-refractivity contribution in [1.29, 1.82) is 0 Å². The number of nitrogens with one attached hydrogen (secondary N) is 2. The SMILES string of the molecule is O=C(CC1CC2CCC(C1)N2)Nc1c(Cl)cc(F)cc1Cl. The maximum absolute atomic E-state index is 13.1. The minimum Gasteiger partial charge on any atom is -0.324 e. The highest BCUT2D eigenvalue weighted by molar-refractivity contribution is 6.39. The fourth-order valence-corrected chi connectivity index (χ4v) is 4.01. The zero-order valence-corrected chi connectivity index (χ0v) is 13.0. The number of piperidine rings is 1. The summed E-state index contributed by atoms with van der Waals surface area (Å²) in [6.45, 7) is 0. The van der Waals surface area contributed by atoms with Crippen molar-refractivity contribution in [3.63, 3.8) is 0 Å². The number of fused-ring (bicyclic) bond motifs is 2. The van der Waals surface area contributed by atoms with Gasteiger partial charge in [0.1, 0.15) is 5.82 Å². The van der Waals surface area contributed by atoms with Crippen molar-refractivity contribution < 1.29 is 9.18 Å². The Kier molecular flexibility index (Phi) is 4.38. The van der Waals surface area contributed by atoms with Gasteiger partial charge in [-0.25, -0.2) is 4.39 Å². The lowest BCUT2D eigenvalue weighted by atomic mass is 9.89. The van der Waals surface area contributed by atoms with Crippen LogP contribution in [0, 0.1) is 11.7 Å². The molecule has 0 radical (unpaired) electrons. The summed E-state index contributed by atoms with van der Waals surface area (Å²) in [4.78, 5) is 12.2. The zero-order chi connectivity index (χ0) is 15.0. The van der Waals surface area contributed by atoms with E-state index in [1.165, 1.54) is 12.8 Å². The molecule has 2 bridgehead atoms. The van der Waals surface area contributed by atoms with Crippen LogP contribution in [0.3, 0.4) is 0 Å². The quantitative estimate of drug-likeness (QED) is 0.879. The molecule has 6 heteroatoms. The van der Waals surface area contributed by atoms with Crippen molar-refractivity contribution in [3.8, 4) is 0 Å². The number of amides is 1. The second kappa shape index (κ2) is 6.11. The Morgan fingerprint density at radius 3 is 2.38 bits per heavy atom. The lowest BCUT2D eigenvalue weighted by Gasteiger charge is -2.28. The first-order chi connectivity index (χ1) is 10.0. The van der Waals surface area contributed by atoms with Crippen LogP contribution >= 0.6 is 23.2 Å². The van der Waals surface area contributed by atoms with E-state index in [4.69, 9.17) is 23.2 Å². The Morgan fingerprint density at radius 2 is 1.81 bits per heavy atom. The molecule has 2 fully saturated rings. The molecule has 2 N–H and O–H groups in total. The third-order valence-electron chi connectivity index (χ3n) is 4.32. The Balaban J connectivity index is 1.62. The predicted octanol–water partition coefficient (Wildman–Crippen LogP) is 3.99. The normalized spacial score (nSPS) is 27.7. The summed E-state index contributed by atoms with van der Waals surface area (Å²) in [6, 6.07) is 3.40. The highest BCUT2D eigenvalue weighted by Crippen LogP contribution is 2.34. The average molecular weight is 331 g/mol. The van der Waals surface area contributed by atoms with E-state index in [2.05, 4.69) is 10.6 Å². The van der Waals surface area contributed by atoms with E-state index in [1.807, 2.05) is 0 Å². The maximum atomic E-state index is 13.1. The molecule has 3 nitrogen and oxygen atoms in total. The average Bonchev–Trinajstić information content (AvgIpc) is 2.73. The van der Waals surface area contributed by atoms with Crippen LogP contribution in [0.4, 0.5) is 10.1 Å². The molecular formula is C15H17Cl2FN2O. The number of carbonyl (C=O) groups excluding carboxylic acids is 1. The second-order valence-electron chi connectivity index (χ2n) is 5.97. The van der Waals surface area contributed by atoms with Crippen molar-refractivity contribution in [3.05, 3.63) is 28.0 Å². The number of hydrogen-bond acceptors (Lipinski definition) is 2. The molecule has 0 saturated carbocycles. The summed E-state index contributed by atoms with van der Waals surface area (Å²) in [5, 5.41) is 6.51. The van der Waals surface area contributed by atoms with Gasteiger partial charge in [-0.1, -0.05) is 23.2 Å². The number of carbonyl (C=O) groups is 1. The summed E-state index contributed by atoms with van der Waals surface area (Å²) >= 11 is 11.9. The van der Waals surface area contributed by atoms with Gasteiger partial charge < -0.3 is 10.6 Å². The Morgan fingerprint density at radius 1 is 1.24 bits per heavy atom. The van der Waals surface area contributed by atoms with Gasteiger partial charge in [0.05, 0.1) is 15.7 Å². The molecule has 2 aliphatic heterocycles. The number of anilines is 1. The monoisotopic (exact) mass is 330 g/mol. The van der Waals surface area contributed by atoms with Gasteiger partial charge in [0.2, 0.25) is 5.91 Å². The third kappa shape index (κ3) is 3.50. The first-order valence-electron chi connectivity index (χ1n) is 7.21. The summed E-state index contributed by atoms with van der Waals surface area (Å²) in [7, 11) is 0. The van der Waals surface area contributed by atoms with Crippen molar-refractivity contribution in [2.24, 2.45) is 5.92 Å². The van der Waals surface area contributed by atoms with Crippen LogP contribution in [-0.4, -0.2) is 18.0 Å². The molecule has 3 rings (SSSR count). The molecule has 114 valence electrons. The van der Waals surface area contributed by atoms with Crippen LogP contribution in [0.5, 0.6) is 0 Å². The summed E-state index contributed by atoms with van der Waals surface area (Å²) in [6.07, 6.45) is 4.94. The molecule has 1 amide bonds. The van der Waals surface area contributed by atoms with E-state index >= 15 is 0 Å². The standard InChI is InChI=1S/C15H17Cl2FN2O/c16-12-6-9(18)7-13(17)15(12)20-14(21)5-8-3-10-1-2-11(4-8)19-10/h6-8,10-11,19H,1-5H2,(H,20,21). The Labute approximate surface area is 133 Å². The lowest BCUT2D eigenvalue weighted by Crippen LogP contribution is -2.39. The topological polar surface area (TPSA) is 41.1 Å². The molecule has 21 heavy (non-hydrogen) atoms. The molecule has 2 saturated heterocycles. The van der Waals surface area contributed by atoms with Crippen molar-refractivity contribution in [1.82, 2.24) is 5.32 Å². The van der Waals surface area contributed by atoms with Gasteiger partial charge in [-0.3, -0.25) is 4.79 Å². The van der Waals surface area contributed by atoms with Crippen LogP contribution < -0.4 is 10.6 Å². The van der Waals surface area contributed by atoms with Gasteiger partial charge >= 0.3 is 0 Å². The van der Waals surface area contributed by atoms with Crippen molar-refractivity contribution >= 4 is 34.8 Å². The molecule has 0 aliphatic carbocycles.